The van der Waals surface area contributed by atoms with Crippen LogP contribution in [-0.4, -0.2) is 35.5 Å². The van der Waals surface area contributed by atoms with E-state index in [2.05, 4.69) is 10.4 Å². The lowest BCUT2D eigenvalue weighted by Gasteiger charge is -2.15. The van der Waals surface area contributed by atoms with E-state index < -0.39 is 0 Å². The van der Waals surface area contributed by atoms with E-state index in [9.17, 15) is 4.79 Å². The Morgan fingerprint density at radius 1 is 1.62 bits per heavy atom. The summed E-state index contributed by atoms with van der Waals surface area (Å²) < 4.78 is 1.69. The van der Waals surface area contributed by atoms with E-state index >= 15 is 0 Å². The van der Waals surface area contributed by atoms with Gasteiger partial charge < -0.3 is 15.6 Å². The maximum Gasteiger partial charge on any atom is 0.230 e. The Balaban J connectivity index is 2.81. The van der Waals surface area contributed by atoms with Crippen LogP contribution in [0.5, 0.6) is 0 Å². The van der Waals surface area contributed by atoms with E-state index in [-0.39, 0.29) is 12.3 Å². The molecule has 2 N–H and O–H groups in total. The number of aromatic nitrogens is 2. The van der Waals surface area contributed by atoms with Crippen molar-refractivity contribution in [3.8, 4) is 0 Å². The van der Waals surface area contributed by atoms with Gasteiger partial charge in [0.2, 0.25) is 5.91 Å². The first-order chi connectivity index (χ1) is 7.41. The molecule has 1 amide bonds. The Bertz CT molecular complexity index is 407. The van der Waals surface area contributed by atoms with Gasteiger partial charge in [0.1, 0.15) is 11.5 Å². The van der Waals surface area contributed by atoms with E-state index in [0.717, 1.165) is 5.82 Å². The quantitative estimate of drug-likeness (QED) is 0.743. The maximum atomic E-state index is 11.5. The minimum Gasteiger partial charge on any atom is -0.361 e. The third-order valence-electron chi connectivity index (χ3n) is 2.03. The highest BCUT2D eigenvalue weighted by Crippen LogP contribution is 2.22. The van der Waals surface area contributed by atoms with Crippen LogP contribution in [0.3, 0.4) is 0 Å². The van der Waals surface area contributed by atoms with E-state index in [1.165, 1.54) is 0 Å². The van der Waals surface area contributed by atoms with E-state index in [0.29, 0.717) is 11.4 Å². The Morgan fingerprint density at radius 3 is 2.75 bits per heavy atom. The predicted molar refractivity (Wildman–Crippen MR) is 64.2 cm³/mol. The van der Waals surface area contributed by atoms with Crippen LogP contribution < -0.4 is 10.2 Å². The molecule has 0 aliphatic carbocycles. The summed E-state index contributed by atoms with van der Waals surface area (Å²) in [7, 11) is 5.58. The molecular weight excluding hydrogens is 206 g/mol. The fourth-order valence-corrected chi connectivity index (χ4v) is 1.48. The van der Waals surface area contributed by atoms with Crippen LogP contribution >= 0.6 is 0 Å². The van der Waals surface area contributed by atoms with Gasteiger partial charge in [-0.05, 0) is 6.92 Å². The van der Waals surface area contributed by atoms with Gasteiger partial charge in [-0.25, -0.2) is 0 Å². The zero-order chi connectivity index (χ0) is 12.3. The first kappa shape index (κ1) is 12.2. The Labute approximate surface area is 94.7 Å². The summed E-state index contributed by atoms with van der Waals surface area (Å²) in [4.78, 5) is 13.4. The van der Waals surface area contributed by atoms with Crippen LogP contribution in [0, 0.1) is 5.41 Å². The Hall–Kier alpha value is -1.85. The van der Waals surface area contributed by atoms with Gasteiger partial charge in [-0.15, -0.1) is 0 Å². The predicted octanol–water partition coefficient (Wildman–Crippen LogP) is 0.854. The lowest BCUT2D eigenvalue weighted by Crippen LogP contribution is -2.19. The molecule has 0 radical (unpaired) electrons. The second-order valence-electron chi connectivity index (χ2n) is 3.91. The van der Waals surface area contributed by atoms with Crippen molar-refractivity contribution in [1.82, 2.24) is 9.78 Å². The van der Waals surface area contributed by atoms with Crippen LogP contribution in [0.25, 0.3) is 0 Å². The molecule has 0 aliphatic rings. The van der Waals surface area contributed by atoms with Crippen LogP contribution in [-0.2, 0) is 11.8 Å². The van der Waals surface area contributed by atoms with Gasteiger partial charge in [-0.2, -0.15) is 5.10 Å². The topological polar surface area (TPSA) is 74.0 Å². The first-order valence-electron chi connectivity index (χ1n) is 4.95. The Morgan fingerprint density at radius 2 is 2.25 bits per heavy atom. The highest BCUT2D eigenvalue weighted by molar-refractivity contribution is 6.05. The SMILES string of the molecule is CC(=N)CC(=O)Nc1cnn(C)c1N(C)C. The van der Waals surface area contributed by atoms with Gasteiger partial charge in [0.15, 0.2) is 0 Å². The highest BCUT2D eigenvalue weighted by Gasteiger charge is 2.13. The summed E-state index contributed by atoms with van der Waals surface area (Å²) in [5, 5.41) is 14.1. The average molecular weight is 223 g/mol. The van der Waals surface area contributed by atoms with Crippen molar-refractivity contribution in [1.29, 1.82) is 5.41 Å². The van der Waals surface area contributed by atoms with Crippen LogP contribution in [0.15, 0.2) is 6.20 Å². The minimum absolute atomic E-state index is 0.113. The molecule has 0 bridgehead atoms. The van der Waals surface area contributed by atoms with E-state index in [4.69, 9.17) is 5.41 Å². The van der Waals surface area contributed by atoms with Crippen molar-refractivity contribution in [2.75, 3.05) is 24.3 Å². The summed E-state index contributed by atoms with van der Waals surface area (Å²) in [6.07, 6.45) is 1.72. The third kappa shape index (κ3) is 2.82. The van der Waals surface area contributed by atoms with Gasteiger partial charge in [-0.3, -0.25) is 9.48 Å². The minimum atomic E-state index is -0.191. The maximum absolute atomic E-state index is 11.5. The van der Waals surface area contributed by atoms with Crippen LogP contribution in [0.2, 0.25) is 0 Å². The molecule has 0 unspecified atom stereocenters. The van der Waals surface area contributed by atoms with Crippen molar-refractivity contribution in [3.63, 3.8) is 0 Å². The van der Waals surface area contributed by atoms with Gasteiger partial charge in [0, 0.05) is 26.9 Å². The second kappa shape index (κ2) is 4.78. The summed E-state index contributed by atoms with van der Waals surface area (Å²) in [6, 6.07) is 0. The van der Waals surface area contributed by atoms with E-state index in [1.807, 2.05) is 26.0 Å². The van der Waals surface area contributed by atoms with Gasteiger partial charge in [0.25, 0.3) is 0 Å². The average Bonchev–Trinajstić information content (AvgIpc) is 2.45. The molecule has 0 spiro atoms. The number of hydrogen-bond acceptors (Lipinski definition) is 4. The van der Waals surface area contributed by atoms with Crippen molar-refractivity contribution in [3.05, 3.63) is 6.20 Å². The second-order valence-corrected chi connectivity index (χ2v) is 3.91. The normalized spacial score (nSPS) is 10.0. The number of amides is 1. The van der Waals surface area contributed by atoms with Crippen molar-refractivity contribution in [2.45, 2.75) is 13.3 Å². The Kier molecular flexibility index (Phi) is 3.65. The number of anilines is 2. The molecule has 0 aliphatic heterocycles. The zero-order valence-corrected chi connectivity index (χ0v) is 10.0. The molecule has 0 atom stereocenters. The highest BCUT2D eigenvalue weighted by atomic mass is 16.1. The summed E-state index contributed by atoms with van der Waals surface area (Å²) in [5.41, 5.74) is 1.01. The molecule has 16 heavy (non-hydrogen) atoms. The van der Waals surface area contributed by atoms with Gasteiger partial charge in [0.05, 0.1) is 12.6 Å². The molecule has 6 nitrogen and oxygen atoms in total. The van der Waals surface area contributed by atoms with E-state index in [1.54, 1.807) is 17.8 Å². The molecule has 0 saturated heterocycles. The lowest BCUT2D eigenvalue weighted by molar-refractivity contribution is -0.115. The number of nitrogens with one attached hydrogen (secondary N) is 2. The number of nitrogens with zero attached hydrogens (tertiary/aromatic N) is 3. The molecule has 88 valence electrons. The standard InChI is InChI=1S/C10H17N5O/c1-7(11)5-9(16)13-8-6-12-15(4)10(8)14(2)3/h6,11H,5H2,1-4H3,(H,13,16). The number of rotatable bonds is 4. The first-order valence-corrected chi connectivity index (χ1v) is 4.95. The smallest absolute Gasteiger partial charge is 0.230 e. The van der Waals surface area contributed by atoms with Crippen LogP contribution in [0.4, 0.5) is 11.5 Å². The summed E-state index contributed by atoms with van der Waals surface area (Å²) in [5.74, 6) is 0.639. The molecule has 1 aromatic rings. The molecule has 6 heteroatoms. The van der Waals surface area contributed by atoms with Gasteiger partial charge >= 0.3 is 0 Å². The number of hydrogen-bond donors (Lipinski definition) is 2. The third-order valence-corrected chi connectivity index (χ3v) is 2.03. The van der Waals surface area contributed by atoms with Gasteiger partial charge in [-0.1, -0.05) is 0 Å². The molecule has 0 aromatic carbocycles. The molecule has 0 saturated carbocycles. The number of carbonyl (C=O) groups excluding carboxylic acids is 1. The van der Waals surface area contributed by atoms with Crippen molar-refractivity contribution >= 4 is 23.1 Å². The van der Waals surface area contributed by atoms with Crippen LogP contribution in [0.1, 0.15) is 13.3 Å². The largest absolute Gasteiger partial charge is 0.361 e. The number of carbonyl (C=O) groups is 1. The fourth-order valence-electron chi connectivity index (χ4n) is 1.48. The molecule has 1 rings (SSSR count). The molecule has 1 heterocycles. The molecular formula is C10H17N5O. The molecule has 0 fully saturated rings. The molecule has 1 aromatic heterocycles. The summed E-state index contributed by atoms with van der Waals surface area (Å²) in [6.45, 7) is 1.61. The monoisotopic (exact) mass is 223 g/mol. The van der Waals surface area contributed by atoms with Crippen molar-refractivity contribution < 1.29 is 4.79 Å². The van der Waals surface area contributed by atoms with Crippen molar-refractivity contribution in [2.24, 2.45) is 7.05 Å². The summed E-state index contributed by atoms with van der Waals surface area (Å²) >= 11 is 0. The number of aryl methyl sites for hydroxylation is 1. The lowest BCUT2D eigenvalue weighted by atomic mass is 10.3. The fraction of sp³-hybridized carbons (Fsp3) is 0.500. The zero-order valence-electron chi connectivity index (χ0n) is 10.0.